The Morgan fingerprint density at radius 1 is 1.39 bits per heavy atom. The number of aliphatic imine (C=N–C) groups is 1. The molecule has 2 rings (SSSR count). The first kappa shape index (κ1) is 20.8. The van der Waals surface area contributed by atoms with Gasteiger partial charge in [-0.15, -0.1) is 24.0 Å². The molecule has 0 radical (unpaired) electrons. The monoisotopic (exact) mass is 450 g/mol. The maximum absolute atomic E-state index is 12.4. The molecular weight excluding hydrogens is 424 g/mol. The van der Waals surface area contributed by atoms with Crippen molar-refractivity contribution in [1.82, 2.24) is 15.5 Å². The van der Waals surface area contributed by atoms with Gasteiger partial charge < -0.3 is 15.7 Å². The van der Waals surface area contributed by atoms with Gasteiger partial charge in [0.05, 0.1) is 18.7 Å². The number of nitrogens with zero attached hydrogens (tertiary/aromatic N) is 2. The first-order valence-corrected chi connectivity index (χ1v) is 7.86. The van der Waals surface area contributed by atoms with Crippen LogP contribution in [0.4, 0.5) is 13.2 Å². The van der Waals surface area contributed by atoms with Gasteiger partial charge in [-0.05, 0) is 32.6 Å². The predicted octanol–water partition coefficient (Wildman–Crippen LogP) is 1.71. The molecule has 5 nitrogen and oxygen atoms in total. The van der Waals surface area contributed by atoms with Gasteiger partial charge in [-0.1, -0.05) is 0 Å². The number of guanidine groups is 1. The van der Waals surface area contributed by atoms with Crippen LogP contribution in [0.25, 0.3) is 0 Å². The van der Waals surface area contributed by atoms with Crippen molar-refractivity contribution < 1.29 is 18.3 Å². The number of alkyl halides is 3. The van der Waals surface area contributed by atoms with E-state index in [2.05, 4.69) is 15.6 Å². The van der Waals surface area contributed by atoms with E-state index in [9.17, 15) is 18.3 Å². The minimum atomic E-state index is -4.15. The van der Waals surface area contributed by atoms with Crippen LogP contribution in [0.1, 0.15) is 32.6 Å². The lowest BCUT2D eigenvalue weighted by molar-refractivity contribution is -0.143. The Labute approximate surface area is 152 Å². The molecule has 1 unspecified atom stereocenters. The van der Waals surface area contributed by atoms with Crippen LogP contribution in [0.15, 0.2) is 4.99 Å². The van der Waals surface area contributed by atoms with E-state index in [0.29, 0.717) is 38.6 Å². The summed E-state index contributed by atoms with van der Waals surface area (Å²) < 4.78 is 37.2. The van der Waals surface area contributed by atoms with Gasteiger partial charge in [-0.2, -0.15) is 13.2 Å². The maximum Gasteiger partial charge on any atom is 0.401 e. The average Bonchev–Trinajstić information content (AvgIpc) is 2.79. The van der Waals surface area contributed by atoms with E-state index in [1.807, 2.05) is 6.92 Å². The Kier molecular flexibility index (Phi) is 7.85. The molecule has 0 spiro atoms. The van der Waals surface area contributed by atoms with Crippen LogP contribution in [0.5, 0.6) is 0 Å². The van der Waals surface area contributed by atoms with Gasteiger partial charge in [0.2, 0.25) is 0 Å². The Morgan fingerprint density at radius 3 is 2.61 bits per heavy atom. The topological polar surface area (TPSA) is 59.9 Å². The molecule has 0 aromatic rings. The van der Waals surface area contributed by atoms with Crippen molar-refractivity contribution in [3.05, 3.63) is 0 Å². The fourth-order valence-electron chi connectivity index (χ4n) is 2.83. The molecule has 2 aliphatic rings. The number of rotatable bonds is 5. The van der Waals surface area contributed by atoms with Crippen molar-refractivity contribution in [2.75, 3.05) is 32.7 Å². The molecule has 0 bridgehead atoms. The lowest BCUT2D eigenvalue weighted by Gasteiger charge is -2.35. The van der Waals surface area contributed by atoms with Gasteiger partial charge in [0.1, 0.15) is 0 Å². The molecule has 23 heavy (non-hydrogen) atoms. The van der Waals surface area contributed by atoms with Gasteiger partial charge in [-0.25, -0.2) is 0 Å². The lowest BCUT2D eigenvalue weighted by Crippen LogP contribution is -2.47. The van der Waals surface area contributed by atoms with Crippen molar-refractivity contribution in [2.45, 2.75) is 50.4 Å². The van der Waals surface area contributed by atoms with Gasteiger partial charge in [0.25, 0.3) is 0 Å². The molecule has 1 aliphatic carbocycles. The number of aliphatic hydroxyl groups is 1. The number of hydrogen-bond acceptors (Lipinski definition) is 3. The minimum absolute atomic E-state index is 0. The third-order valence-electron chi connectivity index (χ3n) is 4.18. The molecule has 0 amide bonds. The van der Waals surface area contributed by atoms with E-state index in [0.717, 1.165) is 19.3 Å². The van der Waals surface area contributed by atoms with Crippen LogP contribution in [0, 0.1) is 0 Å². The highest BCUT2D eigenvalue weighted by molar-refractivity contribution is 14.0. The average molecular weight is 450 g/mol. The summed E-state index contributed by atoms with van der Waals surface area (Å²) in [4.78, 5) is 5.78. The second-order valence-corrected chi connectivity index (χ2v) is 6.25. The quantitative estimate of drug-likeness (QED) is 0.339. The van der Waals surface area contributed by atoms with E-state index >= 15 is 0 Å². The minimum Gasteiger partial charge on any atom is -0.388 e. The summed E-state index contributed by atoms with van der Waals surface area (Å²) in [6.45, 7) is 2.86. The fraction of sp³-hybridized carbons (Fsp3) is 0.929. The largest absolute Gasteiger partial charge is 0.401 e. The molecule has 1 saturated heterocycles. The van der Waals surface area contributed by atoms with Gasteiger partial charge >= 0.3 is 6.18 Å². The van der Waals surface area contributed by atoms with Crippen LogP contribution < -0.4 is 10.6 Å². The van der Waals surface area contributed by atoms with E-state index in [1.165, 1.54) is 4.90 Å². The highest BCUT2D eigenvalue weighted by Gasteiger charge is 2.35. The molecule has 1 heterocycles. The number of halogens is 4. The molecule has 9 heteroatoms. The first-order chi connectivity index (χ1) is 10.3. The van der Waals surface area contributed by atoms with Gasteiger partial charge in [0.15, 0.2) is 5.96 Å². The first-order valence-electron chi connectivity index (χ1n) is 7.86. The number of hydrogen-bond donors (Lipinski definition) is 3. The third kappa shape index (κ3) is 7.00. The molecule has 0 aromatic carbocycles. The van der Waals surface area contributed by atoms with E-state index in [1.54, 1.807) is 0 Å². The summed E-state index contributed by atoms with van der Waals surface area (Å²) >= 11 is 0. The van der Waals surface area contributed by atoms with E-state index < -0.39 is 18.3 Å². The van der Waals surface area contributed by atoms with Crippen molar-refractivity contribution in [1.29, 1.82) is 0 Å². The van der Waals surface area contributed by atoms with Crippen molar-refractivity contribution in [3.8, 4) is 0 Å². The molecule has 136 valence electrons. The Balaban J connectivity index is 0.00000264. The van der Waals surface area contributed by atoms with Gasteiger partial charge in [-0.3, -0.25) is 9.89 Å². The third-order valence-corrected chi connectivity index (χ3v) is 4.18. The summed E-state index contributed by atoms with van der Waals surface area (Å²) in [5.41, 5.74) is -0.694. The lowest BCUT2D eigenvalue weighted by atomic mass is 9.80. The Bertz CT molecular complexity index is 402. The maximum atomic E-state index is 12.4. The zero-order chi connectivity index (χ0) is 16.2. The molecule has 2 fully saturated rings. The molecule has 0 aromatic heterocycles. The smallest absolute Gasteiger partial charge is 0.388 e. The van der Waals surface area contributed by atoms with Crippen LogP contribution in [0.3, 0.4) is 0 Å². The van der Waals surface area contributed by atoms with E-state index in [-0.39, 0.29) is 30.0 Å². The summed E-state index contributed by atoms with van der Waals surface area (Å²) in [7, 11) is 0. The standard InChI is InChI=1S/C14H25F3N4O.HI/c1-2-18-12(19-9-13(22)5-3-6-13)20-11-4-7-21(8-11)10-14(15,16)17;/h11,22H,2-10H2,1H3,(H2,18,19,20);1H. The summed E-state index contributed by atoms with van der Waals surface area (Å²) in [5, 5.41) is 16.3. The second-order valence-electron chi connectivity index (χ2n) is 6.25. The van der Waals surface area contributed by atoms with Crippen molar-refractivity contribution >= 4 is 29.9 Å². The SMILES string of the molecule is CCNC(=NCC1(O)CCC1)NC1CCN(CC(F)(F)F)C1.I. The highest BCUT2D eigenvalue weighted by atomic mass is 127. The summed E-state index contributed by atoms with van der Waals surface area (Å²) in [6.07, 6.45) is -0.950. The molecular formula is C14H26F3IN4O. The van der Waals surface area contributed by atoms with Crippen molar-refractivity contribution in [2.24, 2.45) is 4.99 Å². The summed E-state index contributed by atoms with van der Waals surface area (Å²) in [5.74, 6) is 0.571. The molecule has 1 atom stereocenters. The zero-order valence-corrected chi connectivity index (χ0v) is 15.7. The summed E-state index contributed by atoms with van der Waals surface area (Å²) in [6, 6.07) is -0.0452. The molecule has 1 aliphatic heterocycles. The molecule has 3 N–H and O–H groups in total. The zero-order valence-electron chi connectivity index (χ0n) is 13.3. The Morgan fingerprint density at radius 2 is 2.09 bits per heavy atom. The van der Waals surface area contributed by atoms with Gasteiger partial charge in [0, 0.05) is 25.7 Å². The van der Waals surface area contributed by atoms with Crippen LogP contribution in [-0.4, -0.2) is 66.5 Å². The van der Waals surface area contributed by atoms with Crippen LogP contribution in [-0.2, 0) is 0 Å². The van der Waals surface area contributed by atoms with Crippen molar-refractivity contribution in [3.63, 3.8) is 0 Å². The second kappa shape index (κ2) is 8.70. The molecule has 1 saturated carbocycles. The van der Waals surface area contributed by atoms with Crippen LogP contribution in [0.2, 0.25) is 0 Å². The van der Waals surface area contributed by atoms with Crippen LogP contribution >= 0.6 is 24.0 Å². The number of nitrogens with one attached hydrogen (secondary N) is 2. The Hall–Kier alpha value is -0.290. The fourth-order valence-corrected chi connectivity index (χ4v) is 2.83. The highest BCUT2D eigenvalue weighted by Crippen LogP contribution is 2.31. The number of likely N-dealkylation sites (tertiary alicyclic amines) is 1. The normalized spacial score (nSPS) is 24.7. The predicted molar refractivity (Wildman–Crippen MR) is 94.2 cm³/mol. The van der Waals surface area contributed by atoms with E-state index in [4.69, 9.17) is 0 Å².